The molecule has 0 bridgehead atoms. The van der Waals surface area contributed by atoms with Crippen LogP contribution in [0.1, 0.15) is 52.1 Å². The van der Waals surface area contributed by atoms with E-state index in [0.717, 1.165) is 47.5 Å². The van der Waals surface area contributed by atoms with E-state index in [1.807, 2.05) is 13.8 Å². The molecule has 2 heterocycles. The number of nitrogens with zero attached hydrogens (tertiary/aromatic N) is 3. The van der Waals surface area contributed by atoms with Gasteiger partial charge in [0.2, 0.25) is 0 Å². The van der Waals surface area contributed by atoms with Crippen molar-refractivity contribution >= 4 is 11.6 Å². The lowest BCUT2D eigenvalue weighted by Gasteiger charge is -2.16. The summed E-state index contributed by atoms with van der Waals surface area (Å²) in [6.07, 6.45) is 2.69. The number of nitrogens with one attached hydrogen (secondary N) is 1. The first-order chi connectivity index (χ1) is 13.4. The highest BCUT2D eigenvalue weighted by atomic mass is 19.1. The Hall–Kier alpha value is -2.96. The van der Waals surface area contributed by atoms with Crippen LogP contribution in [-0.2, 0) is 19.4 Å². The number of halogens is 1. The van der Waals surface area contributed by atoms with E-state index in [2.05, 4.69) is 22.5 Å². The second kappa shape index (κ2) is 7.22. The van der Waals surface area contributed by atoms with Gasteiger partial charge in [-0.1, -0.05) is 24.2 Å². The minimum absolute atomic E-state index is 0.268. The van der Waals surface area contributed by atoms with Crippen molar-refractivity contribution in [1.82, 2.24) is 14.9 Å². The van der Waals surface area contributed by atoms with Crippen LogP contribution in [0.25, 0.3) is 0 Å². The van der Waals surface area contributed by atoms with Crippen LogP contribution in [0.15, 0.2) is 28.8 Å². The van der Waals surface area contributed by atoms with Gasteiger partial charge in [0.25, 0.3) is 5.91 Å². The standard InChI is InChI=1S/C21H23FN4O2/c1-12-4-9-18-17(10-12)20(25-28-18)21(27)23-19-13(2)24-26(14(19)3)11-15-5-7-16(22)8-6-15/h5-8,12H,4,9-11H2,1-3H3,(H,23,27). The van der Waals surface area contributed by atoms with Crippen LogP contribution in [-0.4, -0.2) is 20.8 Å². The second-order valence-corrected chi connectivity index (χ2v) is 7.56. The van der Waals surface area contributed by atoms with Crippen LogP contribution >= 0.6 is 0 Å². The zero-order valence-corrected chi connectivity index (χ0v) is 16.3. The summed E-state index contributed by atoms with van der Waals surface area (Å²) < 4.78 is 20.3. The summed E-state index contributed by atoms with van der Waals surface area (Å²) in [6, 6.07) is 6.32. The van der Waals surface area contributed by atoms with E-state index in [-0.39, 0.29) is 11.7 Å². The van der Waals surface area contributed by atoms with Crippen molar-refractivity contribution in [3.63, 3.8) is 0 Å². The molecule has 1 unspecified atom stereocenters. The Morgan fingerprint density at radius 2 is 2.07 bits per heavy atom. The second-order valence-electron chi connectivity index (χ2n) is 7.56. The summed E-state index contributed by atoms with van der Waals surface area (Å²) in [5, 5.41) is 11.5. The van der Waals surface area contributed by atoms with E-state index in [4.69, 9.17) is 4.52 Å². The Kier molecular flexibility index (Phi) is 4.75. The Balaban J connectivity index is 1.55. The number of rotatable bonds is 4. The number of fused-ring (bicyclic) bond motifs is 1. The third kappa shape index (κ3) is 3.44. The largest absolute Gasteiger partial charge is 0.360 e. The van der Waals surface area contributed by atoms with Crippen molar-refractivity contribution in [2.45, 2.75) is 46.6 Å². The lowest BCUT2D eigenvalue weighted by molar-refractivity contribution is 0.101. The molecule has 7 heteroatoms. The highest BCUT2D eigenvalue weighted by molar-refractivity contribution is 6.04. The molecule has 0 saturated carbocycles. The highest BCUT2D eigenvalue weighted by Gasteiger charge is 2.28. The van der Waals surface area contributed by atoms with Gasteiger partial charge in [0.15, 0.2) is 5.69 Å². The number of hydrogen-bond acceptors (Lipinski definition) is 4. The summed E-state index contributed by atoms with van der Waals surface area (Å²) in [4.78, 5) is 12.9. The van der Waals surface area contributed by atoms with E-state index in [1.54, 1.807) is 16.8 Å². The molecule has 1 atom stereocenters. The zero-order valence-electron chi connectivity index (χ0n) is 16.3. The SMILES string of the molecule is Cc1nn(Cc2ccc(F)cc2)c(C)c1NC(=O)c1noc2c1CC(C)CC2. The normalized spacial score (nSPS) is 16.1. The van der Waals surface area contributed by atoms with Crippen molar-refractivity contribution in [3.8, 4) is 0 Å². The van der Waals surface area contributed by atoms with Gasteiger partial charge in [-0.2, -0.15) is 5.10 Å². The fraction of sp³-hybridized carbons (Fsp3) is 0.381. The first-order valence-corrected chi connectivity index (χ1v) is 9.49. The number of hydrogen-bond donors (Lipinski definition) is 1. The van der Waals surface area contributed by atoms with E-state index < -0.39 is 0 Å². The van der Waals surface area contributed by atoms with Gasteiger partial charge in [-0.15, -0.1) is 0 Å². The van der Waals surface area contributed by atoms with Crippen LogP contribution in [0.2, 0.25) is 0 Å². The molecule has 0 saturated heterocycles. The Bertz CT molecular complexity index is 1020. The average Bonchev–Trinajstić information content (AvgIpc) is 3.19. The number of anilines is 1. The predicted molar refractivity (Wildman–Crippen MR) is 103 cm³/mol. The van der Waals surface area contributed by atoms with Gasteiger partial charge >= 0.3 is 0 Å². The molecular weight excluding hydrogens is 359 g/mol. The molecular formula is C21H23FN4O2. The number of aryl methyl sites for hydroxylation is 2. The number of carbonyl (C=O) groups is 1. The molecule has 1 aliphatic carbocycles. The smallest absolute Gasteiger partial charge is 0.278 e. The molecule has 3 aromatic rings. The van der Waals surface area contributed by atoms with E-state index >= 15 is 0 Å². The van der Waals surface area contributed by atoms with Gasteiger partial charge in [-0.25, -0.2) is 4.39 Å². The Labute approximate surface area is 162 Å². The molecule has 0 fully saturated rings. The molecule has 1 amide bonds. The highest BCUT2D eigenvalue weighted by Crippen LogP contribution is 2.29. The molecule has 28 heavy (non-hydrogen) atoms. The van der Waals surface area contributed by atoms with E-state index in [1.165, 1.54) is 12.1 Å². The van der Waals surface area contributed by atoms with Gasteiger partial charge in [0.1, 0.15) is 11.6 Å². The predicted octanol–water partition coefficient (Wildman–Crippen LogP) is 4.05. The molecule has 6 nitrogen and oxygen atoms in total. The van der Waals surface area contributed by atoms with E-state index in [0.29, 0.717) is 23.8 Å². The summed E-state index contributed by atoms with van der Waals surface area (Å²) >= 11 is 0. The first-order valence-electron chi connectivity index (χ1n) is 9.49. The fourth-order valence-corrected chi connectivity index (χ4v) is 3.72. The minimum atomic E-state index is -0.272. The van der Waals surface area contributed by atoms with Crippen LogP contribution < -0.4 is 5.32 Å². The summed E-state index contributed by atoms with van der Waals surface area (Å²) in [5.74, 6) is 0.797. The molecule has 1 N–H and O–H groups in total. The summed E-state index contributed by atoms with van der Waals surface area (Å²) in [5.41, 5.74) is 4.45. The van der Waals surface area contributed by atoms with Crippen LogP contribution in [0.5, 0.6) is 0 Å². The van der Waals surface area contributed by atoms with Crippen molar-refractivity contribution in [3.05, 3.63) is 64.1 Å². The lowest BCUT2D eigenvalue weighted by Crippen LogP contribution is -2.18. The third-order valence-electron chi connectivity index (χ3n) is 5.37. The molecule has 4 rings (SSSR count). The van der Waals surface area contributed by atoms with E-state index in [9.17, 15) is 9.18 Å². The zero-order chi connectivity index (χ0) is 19.8. The number of carbonyl (C=O) groups excluding carboxylic acids is 1. The van der Waals surface area contributed by atoms with Crippen LogP contribution in [0.4, 0.5) is 10.1 Å². The van der Waals surface area contributed by atoms with Crippen molar-refractivity contribution in [2.75, 3.05) is 5.32 Å². The Morgan fingerprint density at radius 1 is 1.32 bits per heavy atom. The van der Waals surface area contributed by atoms with Gasteiger partial charge in [0.05, 0.1) is 23.6 Å². The van der Waals surface area contributed by atoms with Crippen molar-refractivity contribution in [2.24, 2.45) is 5.92 Å². The number of benzene rings is 1. The average molecular weight is 382 g/mol. The van der Waals surface area contributed by atoms with Gasteiger partial charge < -0.3 is 9.84 Å². The Morgan fingerprint density at radius 3 is 2.82 bits per heavy atom. The molecule has 0 aliphatic heterocycles. The molecule has 2 aromatic heterocycles. The van der Waals surface area contributed by atoms with Crippen LogP contribution in [0.3, 0.4) is 0 Å². The van der Waals surface area contributed by atoms with Crippen molar-refractivity contribution in [1.29, 1.82) is 0 Å². The lowest BCUT2D eigenvalue weighted by atomic mass is 9.88. The maximum absolute atomic E-state index is 13.1. The molecule has 0 spiro atoms. The summed E-state index contributed by atoms with van der Waals surface area (Å²) in [7, 11) is 0. The molecule has 1 aromatic carbocycles. The molecule has 0 radical (unpaired) electrons. The van der Waals surface area contributed by atoms with Crippen molar-refractivity contribution < 1.29 is 13.7 Å². The fourth-order valence-electron chi connectivity index (χ4n) is 3.72. The maximum Gasteiger partial charge on any atom is 0.278 e. The number of aromatic nitrogens is 3. The van der Waals surface area contributed by atoms with Crippen LogP contribution in [0, 0.1) is 25.6 Å². The number of amides is 1. The molecule has 146 valence electrons. The topological polar surface area (TPSA) is 73.0 Å². The maximum atomic E-state index is 13.1. The quantitative estimate of drug-likeness (QED) is 0.739. The monoisotopic (exact) mass is 382 g/mol. The van der Waals surface area contributed by atoms with Gasteiger partial charge in [-0.3, -0.25) is 9.48 Å². The third-order valence-corrected chi connectivity index (χ3v) is 5.37. The van der Waals surface area contributed by atoms with Gasteiger partial charge in [-0.05, 0) is 50.3 Å². The minimum Gasteiger partial charge on any atom is -0.360 e. The summed E-state index contributed by atoms with van der Waals surface area (Å²) in [6.45, 7) is 6.43. The van der Waals surface area contributed by atoms with Gasteiger partial charge in [0, 0.05) is 12.0 Å². The molecule has 1 aliphatic rings. The first kappa shape index (κ1) is 18.4.